The summed E-state index contributed by atoms with van der Waals surface area (Å²) in [4.78, 5) is 54.8. The number of fused-ring (bicyclic) bond motifs is 8. The molecule has 22 nitrogen and oxygen atoms in total. The minimum Gasteiger partial charge on any atom is -0.490 e. The zero-order valence-corrected chi connectivity index (χ0v) is 71.5. The number of amides is 2. The maximum Gasteiger partial charge on any atom is 0.490 e. The molecule has 14 atom stereocenters. The number of carboxylic acid groups (broad SMARTS) is 2. The number of ether oxygens (including phenoxy) is 6. The molecule has 0 aromatic heterocycles. The lowest BCUT2D eigenvalue weighted by atomic mass is 9.68. The number of rotatable bonds is 10. The minimum absolute atomic E-state index is 0.0791. The normalized spacial score (nSPS) is 30.3. The number of carboxylic acids is 2. The van der Waals surface area contributed by atoms with Gasteiger partial charge in [0, 0.05) is 96.4 Å². The third-order valence-corrected chi connectivity index (χ3v) is 30.3. The fourth-order valence-corrected chi connectivity index (χ4v) is 21.3. The van der Waals surface area contributed by atoms with Gasteiger partial charge in [-0.05, 0) is 221 Å². The zero-order valence-electron chi connectivity index (χ0n) is 68.4. The van der Waals surface area contributed by atoms with Crippen LogP contribution in [0.3, 0.4) is 0 Å². The molecule has 2 saturated heterocycles. The summed E-state index contributed by atoms with van der Waals surface area (Å²) in [6, 6.07) is 24.0. The Morgan fingerprint density at radius 2 is 0.958 bits per heavy atom. The Morgan fingerprint density at radius 3 is 1.31 bits per heavy atom. The number of hydrogen-bond acceptors (Lipinski definition) is 18. The monoisotopic (exact) mass is 1730 g/mol. The van der Waals surface area contributed by atoms with E-state index < -0.39 is 66.7 Å². The SMILES string of the molecule is CC(C)C1COCCN1CCO[C@H]1/C=C/C[C@H](C)[C@@H](C)S(=O)(=O)NC(=O)c2ccc3c(c2)N(C[C@@H]2CC[C@H]21)C[C@@]1(CCCc2cc(Cl)ccc21)CO3.CC(C)[C@@H]1COCCN1CCO[C@H]1/C=C/C[C@H](C)[C@@H](C)S(=O)(=O)NC(=O)c2ccc3c(c2)N(C[C@@H]2CC[C@H]21)C[C@@]1(CCCc2cc(Cl)ccc21)CO3.O=C(O)C(F)(F)F.O=C(O)C(F)(F)F. The van der Waals surface area contributed by atoms with Crippen LogP contribution in [0.15, 0.2) is 97.1 Å². The van der Waals surface area contributed by atoms with E-state index in [-0.39, 0.29) is 34.9 Å². The number of aryl methyl sites for hydroxylation is 2. The van der Waals surface area contributed by atoms with Crippen molar-refractivity contribution in [2.45, 2.75) is 190 Å². The molecule has 4 aromatic carbocycles. The number of carbonyl (C=O) groups excluding carboxylic acids is 2. The van der Waals surface area contributed by atoms with Gasteiger partial charge in [-0.1, -0.05) is 101 Å². The number of aliphatic carboxylic acids is 2. The summed E-state index contributed by atoms with van der Waals surface area (Å²) in [5.41, 5.74) is 6.90. The summed E-state index contributed by atoms with van der Waals surface area (Å²) in [6.07, 6.45) is 9.74. The number of sulfonamides is 2. The van der Waals surface area contributed by atoms with Crippen molar-refractivity contribution in [3.8, 4) is 11.5 Å². The van der Waals surface area contributed by atoms with Crippen molar-refractivity contribution >= 4 is 78.4 Å². The number of alkyl halides is 6. The van der Waals surface area contributed by atoms with Gasteiger partial charge in [-0.2, -0.15) is 26.3 Å². The van der Waals surface area contributed by atoms with E-state index in [1.165, 1.54) is 22.3 Å². The van der Waals surface area contributed by atoms with E-state index in [4.69, 9.17) is 71.4 Å². The highest BCUT2D eigenvalue weighted by Gasteiger charge is 2.49. The van der Waals surface area contributed by atoms with Gasteiger partial charge in [0.1, 0.15) is 11.5 Å². The van der Waals surface area contributed by atoms with E-state index in [0.29, 0.717) is 109 Å². The molecular formula is C86H114Cl2F6N6O16S2. The summed E-state index contributed by atoms with van der Waals surface area (Å²) in [5.74, 6) is -3.32. The van der Waals surface area contributed by atoms with Crippen LogP contribution in [0.1, 0.15) is 163 Å². The van der Waals surface area contributed by atoms with Gasteiger partial charge >= 0.3 is 24.3 Å². The van der Waals surface area contributed by atoms with Gasteiger partial charge in [0.05, 0.1) is 86.9 Å². The molecule has 1 unspecified atom stereocenters. The van der Waals surface area contributed by atoms with Gasteiger partial charge in [-0.3, -0.25) is 19.4 Å². The van der Waals surface area contributed by atoms with Crippen LogP contribution in [-0.2, 0) is 72.3 Å². The maximum absolute atomic E-state index is 13.6. The highest BCUT2D eigenvalue weighted by molar-refractivity contribution is 7.91. The first-order valence-corrected chi connectivity index (χ1v) is 45.2. The molecule has 4 aliphatic carbocycles. The van der Waals surface area contributed by atoms with Crippen molar-refractivity contribution in [2.24, 2.45) is 47.3 Å². The zero-order chi connectivity index (χ0) is 85.4. The second-order valence-corrected chi connectivity index (χ2v) is 39.3. The third kappa shape index (κ3) is 22.4. The molecular weight excluding hydrogens is 1620 g/mol. The number of carbonyl (C=O) groups is 4. The molecule has 118 heavy (non-hydrogen) atoms. The number of morpholine rings is 2. The van der Waals surface area contributed by atoms with Crippen molar-refractivity contribution in [1.82, 2.24) is 19.2 Å². The second kappa shape index (κ2) is 39.2. The molecule has 6 aliphatic heterocycles. The van der Waals surface area contributed by atoms with E-state index in [1.807, 2.05) is 50.2 Å². The van der Waals surface area contributed by atoms with Crippen molar-refractivity contribution in [3.63, 3.8) is 0 Å². The number of anilines is 2. The van der Waals surface area contributed by atoms with Crippen molar-refractivity contribution in [3.05, 3.63) is 141 Å². The number of nitrogens with zero attached hydrogens (tertiary/aromatic N) is 4. The third-order valence-electron chi connectivity index (χ3n) is 26.0. The van der Waals surface area contributed by atoms with Gasteiger partial charge < -0.3 is 48.4 Å². The Bertz CT molecular complexity index is 4210. The lowest BCUT2D eigenvalue weighted by Crippen LogP contribution is -2.50. The Morgan fingerprint density at radius 1 is 0.576 bits per heavy atom. The largest absolute Gasteiger partial charge is 0.490 e. The molecule has 4 bridgehead atoms. The van der Waals surface area contributed by atoms with Crippen LogP contribution in [0.5, 0.6) is 11.5 Å². The molecule has 4 N–H and O–H groups in total. The average Bonchev–Trinajstić information content (AvgIpc) is 1.53. The van der Waals surface area contributed by atoms with Crippen LogP contribution in [0.25, 0.3) is 0 Å². The number of hydrogen-bond donors (Lipinski definition) is 4. The predicted octanol–water partition coefficient (Wildman–Crippen LogP) is 14.5. The molecule has 2 saturated carbocycles. The number of allylic oxidation sites excluding steroid dienone is 2. The summed E-state index contributed by atoms with van der Waals surface area (Å²) in [7, 11) is -7.87. The van der Waals surface area contributed by atoms with E-state index >= 15 is 0 Å². The standard InChI is InChI=1S/2C41H56ClN3O6S.2C2HF3O2/c2*1-27(2)37-24-49-19-17-44(37)18-20-50-38-9-5-7-28(3)29(4)52(47,48)43-40(46)31-11-15-39-36(22-31)45(23-32-10-13-34(32)38)25-41(26-51-39)16-6-8-30-21-33(42)12-14-35(30)41;2*3-2(4,5)1(6)7/h2*5,9,11-12,14-15,21-22,27-29,32,34,37-38H,6-8,10,13,16-20,23-26H2,1-4H3,(H,43,46);2*(H,6,7)/b2*9-5+;;/t28-,29+,32-,34+,37?,38-,41-;28-,29+,32-,34+,37-,38-,41-;;/m00../s1. The molecule has 652 valence electrons. The van der Waals surface area contributed by atoms with E-state index in [2.05, 4.69) is 105 Å². The van der Waals surface area contributed by atoms with Crippen LogP contribution in [0.2, 0.25) is 10.0 Å². The summed E-state index contributed by atoms with van der Waals surface area (Å²) < 4.78 is 161. The van der Waals surface area contributed by atoms with Gasteiger partial charge in [-0.25, -0.2) is 35.9 Å². The maximum atomic E-state index is 13.6. The topological polar surface area (TPSA) is 269 Å². The number of halogens is 8. The Balaban J connectivity index is 0.000000199. The fraction of sp³-hybridized carbons (Fsp3) is 0.628. The lowest BCUT2D eigenvalue weighted by molar-refractivity contribution is -0.193. The summed E-state index contributed by atoms with van der Waals surface area (Å²) in [5, 5.41) is 14.2. The molecule has 10 aliphatic rings. The van der Waals surface area contributed by atoms with Crippen LogP contribution in [0, 0.1) is 47.3 Å². The highest BCUT2D eigenvalue weighted by Crippen LogP contribution is 2.50. The first kappa shape index (κ1) is 92.0. The molecule has 2 amide bonds. The van der Waals surface area contributed by atoms with Crippen molar-refractivity contribution in [1.29, 1.82) is 0 Å². The van der Waals surface area contributed by atoms with Crippen LogP contribution < -0.4 is 28.7 Å². The quantitative estimate of drug-likeness (QED) is 0.0848. The number of benzene rings is 4. The van der Waals surface area contributed by atoms with Gasteiger partial charge in [0.2, 0.25) is 20.0 Å². The Hall–Kier alpha value is -6.74. The minimum atomic E-state index is -5.08. The van der Waals surface area contributed by atoms with Crippen molar-refractivity contribution in [2.75, 3.05) is 115 Å². The molecule has 6 heterocycles. The Labute approximate surface area is 699 Å². The predicted molar refractivity (Wildman–Crippen MR) is 439 cm³/mol. The molecule has 2 spiro atoms. The van der Waals surface area contributed by atoms with E-state index in [9.17, 15) is 52.8 Å². The highest BCUT2D eigenvalue weighted by atomic mass is 35.5. The molecule has 32 heteroatoms. The van der Waals surface area contributed by atoms with E-state index in [0.717, 1.165) is 164 Å². The van der Waals surface area contributed by atoms with E-state index in [1.54, 1.807) is 26.0 Å². The summed E-state index contributed by atoms with van der Waals surface area (Å²) in [6.45, 7) is 28.1. The van der Waals surface area contributed by atoms with Crippen LogP contribution >= 0.6 is 23.2 Å². The van der Waals surface area contributed by atoms with Gasteiger partial charge in [-0.15, -0.1) is 0 Å². The van der Waals surface area contributed by atoms with Gasteiger partial charge in [0.25, 0.3) is 11.8 Å². The summed E-state index contributed by atoms with van der Waals surface area (Å²) >= 11 is 13.0. The second-order valence-electron chi connectivity index (χ2n) is 34.3. The molecule has 14 rings (SSSR count). The Kier molecular flexibility index (Phi) is 30.6. The fourth-order valence-electron chi connectivity index (χ4n) is 18.4. The van der Waals surface area contributed by atoms with Crippen LogP contribution in [0.4, 0.5) is 37.7 Å². The lowest BCUT2D eigenvalue weighted by Gasteiger charge is -2.46. The smallest absolute Gasteiger partial charge is 0.490 e. The number of nitrogens with one attached hydrogen (secondary N) is 2. The average molecular weight is 1740 g/mol. The van der Waals surface area contributed by atoms with Gasteiger partial charge in [0.15, 0.2) is 0 Å². The first-order chi connectivity index (χ1) is 55.8. The molecule has 4 aromatic rings. The molecule has 0 radical (unpaired) electrons. The van der Waals surface area contributed by atoms with Crippen molar-refractivity contribution < 1.29 is 101 Å². The first-order valence-electron chi connectivity index (χ1n) is 41.3. The molecule has 4 fully saturated rings. The van der Waals surface area contributed by atoms with Crippen LogP contribution in [-0.4, -0.2) is 213 Å².